The van der Waals surface area contributed by atoms with Gasteiger partial charge in [-0.2, -0.15) is 4.39 Å². The standard InChI is InChI=1S/C24H26ClFN4O/c25-19-5-7-22-21(15-19)23(27-9-1-2-10-30-11-13-31-14-12-30)16-20(29-22)6-3-18-4-8-24(26)28-17-18/h3-8,15-17H,1-2,9-14H2,(H,27,29)/b6-3+. The lowest BCUT2D eigenvalue weighted by molar-refractivity contribution is 0.0373. The first kappa shape index (κ1) is 21.7. The summed E-state index contributed by atoms with van der Waals surface area (Å²) in [5.41, 5.74) is 3.52. The first-order valence-corrected chi connectivity index (χ1v) is 11.0. The normalized spacial score (nSPS) is 15.0. The largest absolute Gasteiger partial charge is 0.384 e. The van der Waals surface area contributed by atoms with Crippen LogP contribution in [0.5, 0.6) is 0 Å². The van der Waals surface area contributed by atoms with Gasteiger partial charge in [0.25, 0.3) is 0 Å². The summed E-state index contributed by atoms with van der Waals surface area (Å²) in [7, 11) is 0. The minimum atomic E-state index is -0.488. The lowest BCUT2D eigenvalue weighted by Gasteiger charge is -2.26. The Balaban J connectivity index is 1.43. The van der Waals surface area contributed by atoms with Crippen molar-refractivity contribution in [2.45, 2.75) is 12.8 Å². The van der Waals surface area contributed by atoms with Gasteiger partial charge in [-0.25, -0.2) is 9.97 Å². The zero-order valence-electron chi connectivity index (χ0n) is 17.4. The highest BCUT2D eigenvalue weighted by Crippen LogP contribution is 2.27. The fourth-order valence-corrected chi connectivity index (χ4v) is 3.80. The van der Waals surface area contributed by atoms with E-state index in [4.69, 9.17) is 21.3 Å². The third kappa shape index (κ3) is 6.23. The smallest absolute Gasteiger partial charge is 0.212 e. The first-order valence-electron chi connectivity index (χ1n) is 10.6. The zero-order valence-corrected chi connectivity index (χ0v) is 18.1. The molecule has 1 aliphatic heterocycles. The maximum atomic E-state index is 13.0. The molecule has 0 unspecified atom stereocenters. The van der Waals surface area contributed by atoms with Gasteiger partial charge in [-0.15, -0.1) is 0 Å². The second-order valence-corrected chi connectivity index (χ2v) is 8.03. The van der Waals surface area contributed by atoms with E-state index in [0.717, 1.165) is 80.1 Å². The summed E-state index contributed by atoms with van der Waals surface area (Å²) in [6.45, 7) is 5.72. The van der Waals surface area contributed by atoms with Crippen LogP contribution in [-0.2, 0) is 4.74 Å². The lowest BCUT2D eigenvalue weighted by Crippen LogP contribution is -2.36. The fourth-order valence-electron chi connectivity index (χ4n) is 3.63. The maximum Gasteiger partial charge on any atom is 0.212 e. The van der Waals surface area contributed by atoms with Crippen LogP contribution in [-0.4, -0.2) is 54.3 Å². The summed E-state index contributed by atoms with van der Waals surface area (Å²) >= 11 is 6.23. The Morgan fingerprint density at radius 3 is 2.77 bits per heavy atom. The Labute approximate surface area is 186 Å². The molecule has 162 valence electrons. The molecular weight excluding hydrogens is 415 g/mol. The first-order chi connectivity index (χ1) is 15.2. The number of ether oxygens (including phenoxy) is 1. The molecule has 7 heteroatoms. The highest BCUT2D eigenvalue weighted by molar-refractivity contribution is 6.31. The second-order valence-electron chi connectivity index (χ2n) is 7.59. The van der Waals surface area contributed by atoms with Gasteiger partial charge in [0.2, 0.25) is 5.95 Å². The number of unbranched alkanes of at least 4 members (excludes halogenated alkanes) is 1. The SMILES string of the molecule is Fc1ccc(/C=C/c2cc(NCCCCN3CCOCC3)c3cc(Cl)ccc3n2)cn1. The van der Waals surface area contributed by atoms with E-state index in [1.807, 2.05) is 36.4 Å². The third-order valence-corrected chi connectivity index (χ3v) is 5.54. The van der Waals surface area contributed by atoms with E-state index in [1.54, 1.807) is 6.07 Å². The van der Waals surface area contributed by atoms with Gasteiger partial charge < -0.3 is 10.1 Å². The number of benzene rings is 1. The molecule has 4 rings (SSSR count). The number of fused-ring (bicyclic) bond motifs is 1. The number of nitrogens with one attached hydrogen (secondary N) is 1. The summed E-state index contributed by atoms with van der Waals surface area (Å²) in [6.07, 6.45) is 7.50. The van der Waals surface area contributed by atoms with E-state index in [1.165, 1.54) is 12.3 Å². The molecule has 0 atom stereocenters. The quantitative estimate of drug-likeness (QED) is 0.389. The van der Waals surface area contributed by atoms with Crippen molar-refractivity contribution in [2.75, 3.05) is 44.7 Å². The molecule has 0 radical (unpaired) electrons. The molecule has 0 saturated carbocycles. The minimum Gasteiger partial charge on any atom is -0.384 e. The number of rotatable bonds is 8. The third-order valence-electron chi connectivity index (χ3n) is 5.31. The number of hydrogen-bond acceptors (Lipinski definition) is 5. The summed E-state index contributed by atoms with van der Waals surface area (Å²) in [6, 6.07) is 10.8. The number of morpholine rings is 1. The topological polar surface area (TPSA) is 50.3 Å². The average Bonchev–Trinajstić information content (AvgIpc) is 2.79. The number of nitrogens with zero attached hydrogens (tertiary/aromatic N) is 3. The average molecular weight is 441 g/mol. The van der Waals surface area contributed by atoms with Crippen LogP contribution in [0.25, 0.3) is 23.1 Å². The maximum absolute atomic E-state index is 13.0. The second kappa shape index (κ2) is 10.7. The van der Waals surface area contributed by atoms with Gasteiger partial charge in [-0.05, 0) is 67.4 Å². The molecule has 1 aliphatic rings. The minimum absolute atomic E-state index is 0.488. The number of halogens is 2. The number of aromatic nitrogens is 2. The van der Waals surface area contributed by atoms with Gasteiger partial charge in [-0.1, -0.05) is 17.7 Å². The van der Waals surface area contributed by atoms with Crippen molar-refractivity contribution in [1.29, 1.82) is 0 Å². The van der Waals surface area contributed by atoms with E-state index in [-0.39, 0.29) is 0 Å². The van der Waals surface area contributed by atoms with E-state index < -0.39 is 5.95 Å². The molecule has 0 bridgehead atoms. The summed E-state index contributed by atoms with van der Waals surface area (Å²) in [5, 5.41) is 5.25. The van der Waals surface area contributed by atoms with E-state index >= 15 is 0 Å². The van der Waals surface area contributed by atoms with Crippen LogP contribution in [0, 0.1) is 5.95 Å². The van der Waals surface area contributed by atoms with Crippen LogP contribution in [0.2, 0.25) is 5.02 Å². The predicted octanol–water partition coefficient (Wildman–Crippen LogP) is 5.12. The van der Waals surface area contributed by atoms with Crippen molar-refractivity contribution < 1.29 is 9.13 Å². The molecular formula is C24H26ClFN4O. The molecule has 3 heterocycles. The molecule has 0 amide bonds. The van der Waals surface area contributed by atoms with Gasteiger partial charge >= 0.3 is 0 Å². The molecule has 3 aromatic rings. The van der Waals surface area contributed by atoms with Crippen LogP contribution in [0.3, 0.4) is 0 Å². The molecule has 1 saturated heterocycles. The van der Waals surface area contributed by atoms with Crippen molar-refractivity contribution in [3.05, 3.63) is 64.8 Å². The van der Waals surface area contributed by atoms with Crippen LogP contribution in [0.1, 0.15) is 24.1 Å². The van der Waals surface area contributed by atoms with Crippen molar-refractivity contribution in [3.63, 3.8) is 0 Å². The Morgan fingerprint density at radius 2 is 1.97 bits per heavy atom. The highest BCUT2D eigenvalue weighted by atomic mass is 35.5. The Morgan fingerprint density at radius 1 is 1.10 bits per heavy atom. The van der Waals surface area contributed by atoms with Gasteiger partial charge in [-0.3, -0.25) is 4.90 Å². The summed E-state index contributed by atoms with van der Waals surface area (Å²) < 4.78 is 18.4. The van der Waals surface area contributed by atoms with Gasteiger partial charge in [0.05, 0.1) is 24.4 Å². The fraction of sp³-hybridized carbons (Fsp3) is 0.333. The number of pyridine rings is 2. The number of hydrogen-bond donors (Lipinski definition) is 1. The Bertz CT molecular complexity index is 1040. The Hall–Kier alpha value is -2.54. The van der Waals surface area contributed by atoms with E-state index in [0.29, 0.717) is 5.02 Å². The van der Waals surface area contributed by atoms with Gasteiger partial charge in [0, 0.05) is 41.9 Å². The molecule has 2 aromatic heterocycles. The molecule has 5 nitrogen and oxygen atoms in total. The van der Waals surface area contributed by atoms with E-state index in [9.17, 15) is 4.39 Å². The Kier molecular flexibility index (Phi) is 7.46. The van der Waals surface area contributed by atoms with Crippen molar-refractivity contribution in [3.8, 4) is 0 Å². The van der Waals surface area contributed by atoms with Gasteiger partial charge in [0.15, 0.2) is 0 Å². The zero-order chi connectivity index (χ0) is 21.5. The van der Waals surface area contributed by atoms with Crippen molar-refractivity contribution in [1.82, 2.24) is 14.9 Å². The molecule has 1 aromatic carbocycles. The molecule has 1 fully saturated rings. The van der Waals surface area contributed by atoms with Crippen LogP contribution in [0.15, 0.2) is 42.6 Å². The van der Waals surface area contributed by atoms with Crippen molar-refractivity contribution >= 4 is 40.3 Å². The van der Waals surface area contributed by atoms with Crippen LogP contribution >= 0.6 is 11.6 Å². The molecule has 0 spiro atoms. The predicted molar refractivity (Wildman–Crippen MR) is 125 cm³/mol. The van der Waals surface area contributed by atoms with Crippen molar-refractivity contribution in [2.24, 2.45) is 0 Å². The molecule has 0 aliphatic carbocycles. The van der Waals surface area contributed by atoms with Crippen LogP contribution in [0.4, 0.5) is 10.1 Å². The molecule has 31 heavy (non-hydrogen) atoms. The van der Waals surface area contributed by atoms with E-state index in [2.05, 4.69) is 15.2 Å². The van der Waals surface area contributed by atoms with Gasteiger partial charge in [0.1, 0.15) is 0 Å². The number of anilines is 1. The summed E-state index contributed by atoms with van der Waals surface area (Å²) in [4.78, 5) is 10.9. The monoisotopic (exact) mass is 440 g/mol. The molecule has 1 N–H and O–H groups in total. The highest BCUT2D eigenvalue weighted by Gasteiger charge is 2.09. The van der Waals surface area contributed by atoms with Crippen LogP contribution < -0.4 is 5.32 Å². The summed E-state index contributed by atoms with van der Waals surface area (Å²) in [5.74, 6) is -0.488. The lowest BCUT2D eigenvalue weighted by atomic mass is 10.1.